The zero-order valence-corrected chi connectivity index (χ0v) is 10.8. The van der Waals surface area contributed by atoms with Crippen LogP contribution in [0, 0.1) is 0 Å². The molecule has 17 heavy (non-hydrogen) atoms. The zero-order chi connectivity index (χ0) is 12.4. The van der Waals surface area contributed by atoms with Gasteiger partial charge in [-0.15, -0.1) is 0 Å². The summed E-state index contributed by atoms with van der Waals surface area (Å²) in [5, 5.41) is 12.9. The van der Waals surface area contributed by atoms with E-state index in [4.69, 9.17) is 5.11 Å². The summed E-state index contributed by atoms with van der Waals surface area (Å²) in [6.07, 6.45) is 4.82. The zero-order valence-electron chi connectivity index (χ0n) is 9.17. The highest BCUT2D eigenvalue weighted by Crippen LogP contribution is 2.13. The molecule has 2 aromatic heterocycles. The molecule has 0 fully saturated rings. The highest BCUT2D eigenvalue weighted by atomic mass is 79.9. The van der Waals surface area contributed by atoms with Crippen LogP contribution in [0.1, 0.15) is 10.4 Å². The molecule has 0 aliphatic carbocycles. The number of carbonyl (C=O) groups is 1. The minimum Gasteiger partial charge on any atom is -0.395 e. The molecule has 0 saturated carbocycles. The third kappa shape index (κ3) is 2.29. The number of rotatable bonds is 3. The summed E-state index contributed by atoms with van der Waals surface area (Å²) in [5.41, 5.74) is 0.927. The molecule has 6 nitrogen and oxygen atoms in total. The van der Waals surface area contributed by atoms with E-state index in [9.17, 15) is 4.79 Å². The van der Waals surface area contributed by atoms with Crippen molar-refractivity contribution in [2.45, 2.75) is 0 Å². The van der Waals surface area contributed by atoms with Crippen molar-refractivity contribution in [3.05, 3.63) is 28.6 Å². The van der Waals surface area contributed by atoms with Gasteiger partial charge in [0.15, 0.2) is 5.65 Å². The van der Waals surface area contributed by atoms with Crippen molar-refractivity contribution in [1.82, 2.24) is 19.5 Å². The van der Waals surface area contributed by atoms with E-state index in [0.717, 1.165) is 4.47 Å². The van der Waals surface area contributed by atoms with Gasteiger partial charge in [-0.05, 0) is 15.9 Å². The van der Waals surface area contributed by atoms with Crippen LogP contribution in [-0.2, 0) is 0 Å². The molecule has 7 heteroatoms. The van der Waals surface area contributed by atoms with Gasteiger partial charge in [0.2, 0.25) is 0 Å². The fourth-order valence-corrected chi connectivity index (χ4v) is 1.76. The Balaban J connectivity index is 2.39. The third-order valence-corrected chi connectivity index (χ3v) is 2.75. The van der Waals surface area contributed by atoms with Crippen LogP contribution in [0.3, 0.4) is 0 Å². The van der Waals surface area contributed by atoms with Gasteiger partial charge in [-0.1, -0.05) is 0 Å². The molecule has 0 aliphatic rings. The number of hydrogen-bond acceptors (Lipinski definition) is 4. The van der Waals surface area contributed by atoms with Crippen molar-refractivity contribution in [2.75, 3.05) is 20.2 Å². The van der Waals surface area contributed by atoms with Gasteiger partial charge in [-0.3, -0.25) is 4.79 Å². The van der Waals surface area contributed by atoms with Crippen LogP contribution in [0.15, 0.2) is 23.1 Å². The maximum Gasteiger partial charge on any atom is 0.259 e. The molecule has 2 aromatic rings. The van der Waals surface area contributed by atoms with Crippen molar-refractivity contribution >= 4 is 27.5 Å². The van der Waals surface area contributed by atoms with Crippen molar-refractivity contribution < 1.29 is 9.90 Å². The summed E-state index contributed by atoms with van der Waals surface area (Å²) >= 11 is 3.28. The number of carbonyl (C=O) groups excluding carboxylic acids is 1. The molecule has 2 rings (SSSR count). The Hall–Kier alpha value is -1.47. The third-order valence-electron chi connectivity index (χ3n) is 2.34. The summed E-state index contributed by atoms with van der Waals surface area (Å²) < 4.78 is 2.32. The molecule has 0 radical (unpaired) electrons. The predicted octanol–water partition coefficient (Wildman–Crippen LogP) is 0.556. The summed E-state index contributed by atoms with van der Waals surface area (Å²) in [5.74, 6) is -0.205. The maximum atomic E-state index is 12.0. The molecule has 0 aliphatic heterocycles. The van der Waals surface area contributed by atoms with E-state index in [-0.39, 0.29) is 19.1 Å². The second-order valence-corrected chi connectivity index (χ2v) is 4.46. The molecule has 0 aromatic carbocycles. The molecule has 0 spiro atoms. The maximum absolute atomic E-state index is 12.0. The quantitative estimate of drug-likeness (QED) is 0.899. The van der Waals surface area contributed by atoms with E-state index < -0.39 is 0 Å². The largest absolute Gasteiger partial charge is 0.395 e. The summed E-state index contributed by atoms with van der Waals surface area (Å²) in [4.78, 5) is 17.6. The van der Waals surface area contributed by atoms with Crippen LogP contribution in [-0.4, -0.2) is 50.7 Å². The van der Waals surface area contributed by atoms with Gasteiger partial charge < -0.3 is 10.0 Å². The van der Waals surface area contributed by atoms with E-state index in [1.165, 1.54) is 15.6 Å². The Bertz CT molecular complexity index is 554. The average Bonchev–Trinajstić information content (AvgIpc) is 2.71. The summed E-state index contributed by atoms with van der Waals surface area (Å²) in [7, 11) is 1.63. The average molecular weight is 299 g/mol. The Morgan fingerprint density at radius 1 is 1.59 bits per heavy atom. The Morgan fingerprint density at radius 3 is 3.06 bits per heavy atom. The van der Waals surface area contributed by atoms with Crippen LogP contribution in [0.4, 0.5) is 0 Å². The van der Waals surface area contributed by atoms with Crippen molar-refractivity contribution in [1.29, 1.82) is 0 Å². The van der Waals surface area contributed by atoms with Crippen LogP contribution in [0.25, 0.3) is 5.65 Å². The lowest BCUT2D eigenvalue weighted by Crippen LogP contribution is -2.29. The van der Waals surface area contributed by atoms with Gasteiger partial charge in [0, 0.05) is 26.0 Å². The molecule has 0 saturated heterocycles. The fraction of sp³-hybridized carbons (Fsp3) is 0.300. The standard InChI is InChI=1S/C10H11BrN4O2/c1-14(2-3-16)10(17)8-5-13-15-6-7(11)4-12-9(8)15/h4-6,16H,2-3H2,1H3. The van der Waals surface area contributed by atoms with Crippen LogP contribution in [0.2, 0.25) is 0 Å². The number of aliphatic hydroxyl groups is 1. The lowest BCUT2D eigenvalue weighted by molar-refractivity contribution is 0.0768. The number of aromatic nitrogens is 3. The lowest BCUT2D eigenvalue weighted by Gasteiger charge is -2.14. The van der Waals surface area contributed by atoms with E-state index >= 15 is 0 Å². The Kier molecular flexibility index (Phi) is 3.39. The van der Waals surface area contributed by atoms with Gasteiger partial charge in [0.1, 0.15) is 5.56 Å². The first-order chi connectivity index (χ1) is 8.13. The van der Waals surface area contributed by atoms with Crippen molar-refractivity contribution in [3.8, 4) is 0 Å². The second-order valence-electron chi connectivity index (χ2n) is 3.55. The van der Waals surface area contributed by atoms with Gasteiger partial charge in [0.05, 0.1) is 17.3 Å². The molecule has 0 bridgehead atoms. The first-order valence-corrected chi connectivity index (χ1v) is 5.78. The van der Waals surface area contributed by atoms with Crippen LogP contribution >= 0.6 is 15.9 Å². The summed E-state index contributed by atoms with van der Waals surface area (Å²) in [6.45, 7) is 0.215. The van der Waals surface area contributed by atoms with Gasteiger partial charge >= 0.3 is 0 Å². The van der Waals surface area contributed by atoms with Gasteiger partial charge in [0.25, 0.3) is 5.91 Å². The van der Waals surface area contributed by atoms with Gasteiger partial charge in [-0.25, -0.2) is 9.50 Å². The number of hydrogen-bond donors (Lipinski definition) is 1. The molecular weight excluding hydrogens is 288 g/mol. The van der Waals surface area contributed by atoms with E-state index in [0.29, 0.717) is 11.2 Å². The highest BCUT2D eigenvalue weighted by Gasteiger charge is 2.17. The minimum absolute atomic E-state index is 0.0690. The number of nitrogens with zero attached hydrogens (tertiary/aromatic N) is 4. The number of halogens is 1. The topological polar surface area (TPSA) is 70.7 Å². The van der Waals surface area contributed by atoms with E-state index in [1.807, 2.05) is 0 Å². The molecule has 0 atom stereocenters. The van der Waals surface area contributed by atoms with Gasteiger partial charge in [-0.2, -0.15) is 5.10 Å². The predicted molar refractivity (Wildman–Crippen MR) is 64.7 cm³/mol. The number of amides is 1. The number of fused-ring (bicyclic) bond motifs is 1. The number of likely N-dealkylation sites (N-methyl/N-ethyl adjacent to an activating group) is 1. The molecule has 1 amide bonds. The smallest absolute Gasteiger partial charge is 0.259 e. The first kappa shape index (κ1) is 12.0. The van der Waals surface area contributed by atoms with E-state index in [2.05, 4.69) is 26.0 Å². The van der Waals surface area contributed by atoms with Crippen LogP contribution in [0.5, 0.6) is 0 Å². The monoisotopic (exact) mass is 298 g/mol. The minimum atomic E-state index is -0.205. The van der Waals surface area contributed by atoms with E-state index in [1.54, 1.807) is 19.4 Å². The SMILES string of the molecule is CN(CCO)C(=O)c1cnn2cc(Br)cnc12. The Morgan fingerprint density at radius 2 is 2.35 bits per heavy atom. The number of aliphatic hydroxyl groups excluding tert-OH is 1. The molecule has 0 unspecified atom stereocenters. The van der Waals surface area contributed by atoms with Crippen LogP contribution < -0.4 is 0 Å². The fourth-order valence-electron chi connectivity index (χ4n) is 1.46. The first-order valence-electron chi connectivity index (χ1n) is 4.98. The highest BCUT2D eigenvalue weighted by molar-refractivity contribution is 9.10. The lowest BCUT2D eigenvalue weighted by atomic mass is 10.3. The van der Waals surface area contributed by atoms with Crippen molar-refractivity contribution in [2.24, 2.45) is 0 Å². The molecular formula is C10H11BrN4O2. The second kappa shape index (κ2) is 4.80. The molecule has 2 heterocycles. The summed E-state index contributed by atoms with van der Waals surface area (Å²) in [6, 6.07) is 0. The van der Waals surface area contributed by atoms with Crippen molar-refractivity contribution in [3.63, 3.8) is 0 Å². The normalized spacial score (nSPS) is 10.8. The molecule has 90 valence electrons. The molecule has 1 N–H and O–H groups in total. The Labute approximate surface area is 106 Å².